The number of carbonyl (C=O) groups excluding carboxylic acids is 1. The standard InChI is InChI=1S/C38H37N7O11/c1-2-53-32(48)14-10-24-17-26(34-40-15-6-16-41-34)20-27(18-24)55-36-33(45(51)52)35(42-28(37(49)50)11-13-31(46)47)43-38(44-36)56-30-19-25(21-39)9-12-29(30)54-22-23-7-4-3-5-8-23/h3-5,7-9,12,15,17-20,28,34,41H,2,6,10-11,13-14,16,22H2,1H3,(H,46,47)(H,49,50)(H,42,43,44). The maximum absolute atomic E-state index is 12.7. The Balaban J connectivity index is 1.60. The molecular formula is C38H37N7O11. The maximum atomic E-state index is 12.7. The van der Waals surface area contributed by atoms with Crippen molar-refractivity contribution in [2.24, 2.45) is 4.99 Å². The number of carboxylic acids is 2. The highest BCUT2D eigenvalue weighted by Crippen LogP contribution is 2.40. The number of rotatable bonds is 19. The molecule has 18 heteroatoms. The van der Waals surface area contributed by atoms with Crippen molar-refractivity contribution in [3.05, 3.63) is 99.1 Å². The van der Waals surface area contributed by atoms with Crippen LogP contribution in [-0.2, 0) is 32.1 Å². The molecular weight excluding hydrogens is 730 g/mol. The molecule has 2 heterocycles. The summed E-state index contributed by atoms with van der Waals surface area (Å²) < 4.78 is 23.2. The van der Waals surface area contributed by atoms with E-state index in [9.17, 15) is 40.0 Å². The van der Waals surface area contributed by atoms with Gasteiger partial charge in [0.1, 0.15) is 24.6 Å². The summed E-state index contributed by atoms with van der Waals surface area (Å²) in [5.41, 5.74) is 1.30. The molecule has 0 saturated heterocycles. The van der Waals surface area contributed by atoms with E-state index in [-0.39, 0.29) is 48.9 Å². The van der Waals surface area contributed by atoms with Gasteiger partial charge in [-0.05, 0) is 67.1 Å². The summed E-state index contributed by atoms with van der Waals surface area (Å²) in [5, 5.41) is 47.2. The molecule has 1 aliphatic rings. The zero-order chi connectivity index (χ0) is 40.0. The minimum Gasteiger partial charge on any atom is -0.485 e. The van der Waals surface area contributed by atoms with Gasteiger partial charge in [-0.1, -0.05) is 36.4 Å². The van der Waals surface area contributed by atoms with E-state index < -0.39 is 71.3 Å². The third-order valence-corrected chi connectivity index (χ3v) is 8.09. The van der Waals surface area contributed by atoms with E-state index in [1.807, 2.05) is 36.4 Å². The van der Waals surface area contributed by atoms with Gasteiger partial charge >= 0.3 is 35.5 Å². The fraction of sp³-hybridized carbons (Fsp3) is 0.289. The molecule has 1 aliphatic heterocycles. The number of carbonyl (C=O) groups is 3. The summed E-state index contributed by atoms with van der Waals surface area (Å²) in [7, 11) is 0. The zero-order valence-corrected chi connectivity index (χ0v) is 30.0. The highest BCUT2D eigenvalue weighted by Gasteiger charge is 2.32. The van der Waals surface area contributed by atoms with Crippen molar-refractivity contribution in [3.63, 3.8) is 0 Å². The predicted octanol–water partition coefficient (Wildman–Crippen LogP) is 5.71. The number of nitrogens with one attached hydrogen (secondary N) is 2. The van der Waals surface area contributed by atoms with Gasteiger partial charge in [-0.3, -0.25) is 30.0 Å². The van der Waals surface area contributed by atoms with Crippen LogP contribution in [0.25, 0.3) is 0 Å². The van der Waals surface area contributed by atoms with Gasteiger partial charge in [-0.15, -0.1) is 0 Å². The minimum absolute atomic E-state index is 0.0289. The summed E-state index contributed by atoms with van der Waals surface area (Å²) in [6.45, 7) is 2.62. The van der Waals surface area contributed by atoms with E-state index in [4.69, 9.17) is 18.9 Å². The lowest BCUT2D eigenvalue weighted by Gasteiger charge is -2.20. The number of aliphatic carboxylic acids is 2. The van der Waals surface area contributed by atoms with Gasteiger partial charge in [0.05, 0.1) is 23.2 Å². The Kier molecular flexibility index (Phi) is 13.8. The Hall–Kier alpha value is -7.13. The predicted molar refractivity (Wildman–Crippen MR) is 198 cm³/mol. The average molecular weight is 768 g/mol. The minimum atomic E-state index is -1.65. The van der Waals surface area contributed by atoms with Crippen LogP contribution in [0.3, 0.4) is 0 Å². The lowest BCUT2D eigenvalue weighted by Crippen LogP contribution is -2.30. The van der Waals surface area contributed by atoms with Crippen LogP contribution in [0.2, 0.25) is 0 Å². The monoisotopic (exact) mass is 767 g/mol. The molecule has 18 nitrogen and oxygen atoms in total. The number of nitriles is 1. The van der Waals surface area contributed by atoms with E-state index in [0.717, 1.165) is 5.56 Å². The fourth-order valence-electron chi connectivity index (χ4n) is 5.46. The Labute approximate surface area is 319 Å². The third kappa shape index (κ3) is 11.2. The number of hydrogen-bond acceptors (Lipinski definition) is 15. The normalized spacial score (nSPS) is 13.8. The second-order valence-electron chi connectivity index (χ2n) is 12.2. The van der Waals surface area contributed by atoms with Gasteiger partial charge < -0.3 is 34.5 Å². The molecule has 4 aromatic rings. The Morgan fingerprint density at radius 2 is 1.84 bits per heavy atom. The van der Waals surface area contributed by atoms with E-state index in [0.29, 0.717) is 24.1 Å². The molecule has 290 valence electrons. The van der Waals surface area contributed by atoms with E-state index in [1.165, 1.54) is 18.2 Å². The van der Waals surface area contributed by atoms with E-state index >= 15 is 0 Å². The number of benzene rings is 3. The molecule has 0 spiro atoms. The lowest BCUT2D eigenvalue weighted by molar-refractivity contribution is -0.385. The van der Waals surface area contributed by atoms with Crippen LogP contribution in [-0.4, -0.2) is 68.4 Å². The van der Waals surface area contributed by atoms with Crippen molar-refractivity contribution >= 4 is 35.6 Å². The molecule has 0 amide bonds. The van der Waals surface area contributed by atoms with Gasteiger partial charge in [-0.2, -0.15) is 15.2 Å². The summed E-state index contributed by atoms with van der Waals surface area (Å²) in [5.74, 6) is -4.44. The van der Waals surface area contributed by atoms with Crippen LogP contribution in [0.4, 0.5) is 11.5 Å². The van der Waals surface area contributed by atoms with E-state index in [2.05, 4.69) is 25.6 Å². The number of aromatic nitrogens is 2. The SMILES string of the molecule is CCOC(=O)CCc1cc(Oc2nc(Oc3cc(C#N)ccc3OCc3ccccc3)nc(NC(CCC(=O)O)C(=O)O)c2[N+](=O)[O-])cc(C2N=CCCN2)c1. The molecule has 5 rings (SSSR count). The summed E-state index contributed by atoms with van der Waals surface area (Å²) in [6.07, 6.45) is 1.15. The molecule has 2 atom stereocenters. The first-order chi connectivity index (χ1) is 27.0. The largest absolute Gasteiger partial charge is 0.485 e. The van der Waals surface area contributed by atoms with Crippen molar-refractivity contribution in [1.82, 2.24) is 15.3 Å². The smallest absolute Gasteiger partial charge is 0.373 e. The highest BCUT2D eigenvalue weighted by atomic mass is 16.6. The van der Waals surface area contributed by atoms with Gasteiger partial charge in [0, 0.05) is 31.7 Å². The fourth-order valence-corrected chi connectivity index (χ4v) is 5.46. The molecule has 0 radical (unpaired) electrons. The van der Waals surface area contributed by atoms with Crippen LogP contribution in [0, 0.1) is 21.4 Å². The number of hydrogen-bond donors (Lipinski definition) is 4. The second-order valence-corrected chi connectivity index (χ2v) is 12.2. The summed E-state index contributed by atoms with van der Waals surface area (Å²) in [6, 6.07) is 18.2. The second kappa shape index (κ2) is 19.3. The van der Waals surface area contributed by atoms with Crippen molar-refractivity contribution < 1.29 is 48.5 Å². The number of aliphatic imine (C=N–C) groups is 1. The summed E-state index contributed by atoms with van der Waals surface area (Å²) >= 11 is 0. The number of carboxylic acid groups (broad SMARTS) is 2. The van der Waals surface area contributed by atoms with Crippen molar-refractivity contribution in [2.45, 2.75) is 57.8 Å². The maximum Gasteiger partial charge on any atom is 0.373 e. The first kappa shape index (κ1) is 40.1. The third-order valence-electron chi connectivity index (χ3n) is 8.09. The van der Waals surface area contributed by atoms with Crippen molar-refractivity contribution in [3.8, 4) is 35.2 Å². The van der Waals surface area contributed by atoms with Crippen LogP contribution in [0.5, 0.6) is 29.1 Å². The Bertz CT molecular complexity index is 2140. The van der Waals surface area contributed by atoms with Crippen LogP contribution < -0.4 is 24.8 Å². The molecule has 0 fully saturated rings. The zero-order valence-electron chi connectivity index (χ0n) is 30.0. The van der Waals surface area contributed by atoms with Crippen LogP contribution in [0.15, 0.2) is 71.7 Å². The number of aryl methyl sites for hydroxylation is 1. The first-order valence-corrected chi connectivity index (χ1v) is 17.4. The molecule has 0 bridgehead atoms. The molecule has 3 aromatic carbocycles. The van der Waals surface area contributed by atoms with Crippen molar-refractivity contribution in [2.75, 3.05) is 18.5 Å². The highest BCUT2D eigenvalue weighted by molar-refractivity contribution is 5.80. The van der Waals surface area contributed by atoms with Crippen molar-refractivity contribution in [1.29, 1.82) is 5.26 Å². The van der Waals surface area contributed by atoms with Crippen LogP contribution in [0.1, 0.15) is 61.0 Å². The Morgan fingerprint density at radius 3 is 2.52 bits per heavy atom. The molecule has 1 aromatic heterocycles. The van der Waals surface area contributed by atoms with Gasteiger partial charge in [0.15, 0.2) is 11.5 Å². The number of anilines is 1. The quantitative estimate of drug-likeness (QED) is 0.0506. The molecule has 56 heavy (non-hydrogen) atoms. The first-order valence-electron chi connectivity index (χ1n) is 17.4. The molecule has 2 unspecified atom stereocenters. The van der Waals surface area contributed by atoms with Crippen LogP contribution >= 0.6 is 0 Å². The number of nitrogens with zero attached hydrogens (tertiary/aromatic N) is 5. The number of ether oxygens (including phenoxy) is 4. The topological polar surface area (TPSA) is 258 Å². The average Bonchev–Trinajstić information content (AvgIpc) is 3.18. The molecule has 0 aliphatic carbocycles. The number of nitro groups is 1. The molecule has 0 saturated carbocycles. The molecule has 4 N–H and O–H groups in total. The number of esters is 1. The van der Waals surface area contributed by atoms with Gasteiger partial charge in [-0.25, -0.2) is 4.79 Å². The van der Waals surface area contributed by atoms with Gasteiger partial charge in [0.2, 0.25) is 5.82 Å². The van der Waals surface area contributed by atoms with Gasteiger partial charge in [0.25, 0.3) is 0 Å². The van der Waals surface area contributed by atoms with E-state index in [1.54, 1.807) is 31.3 Å². The summed E-state index contributed by atoms with van der Waals surface area (Å²) in [4.78, 5) is 60.4. The Morgan fingerprint density at radius 1 is 1.04 bits per heavy atom. The lowest BCUT2D eigenvalue weighted by atomic mass is 10.0.